The van der Waals surface area contributed by atoms with Gasteiger partial charge in [0.25, 0.3) is 5.91 Å². The maximum absolute atomic E-state index is 12.7. The molecule has 1 aromatic carbocycles. The number of carbonyl (C=O) groups excluding carboxylic acids is 2. The number of carbonyl (C=O) groups is 2. The Hall–Kier alpha value is -2.32. The van der Waals surface area contributed by atoms with Crippen molar-refractivity contribution in [2.24, 2.45) is 0 Å². The summed E-state index contributed by atoms with van der Waals surface area (Å²) in [6, 6.07) is 5.21. The summed E-state index contributed by atoms with van der Waals surface area (Å²) in [5, 5.41) is 3.02. The number of hydrogen-bond acceptors (Lipinski definition) is 6. The minimum absolute atomic E-state index is 0.00872. The van der Waals surface area contributed by atoms with Gasteiger partial charge >= 0.3 is 0 Å². The number of rotatable bonds is 9. The summed E-state index contributed by atoms with van der Waals surface area (Å²) in [7, 11) is 4.62. The van der Waals surface area contributed by atoms with Crippen LogP contribution in [-0.2, 0) is 14.3 Å². The summed E-state index contributed by atoms with van der Waals surface area (Å²) < 4.78 is 20.7. The number of amides is 2. The minimum Gasteiger partial charge on any atom is -0.496 e. The van der Waals surface area contributed by atoms with Gasteiger partial charge in [0.2, 0.25) is 5.91 Å². The van der Waals surface area contributed by atoms with Gasteiger partial charge in [-0.25, -0.2) is 0 Å². The normalized spacial score (nSPS) is 14.7. The lowest BCUT2D eigenvalue weighted by Gasteiger charge is -2.32. The molecular formula is C19H28N2O6. The highest BCUT2D eigenvalue weighted by atomic mass is 16.5. The standard InChI is InChI=1S/C19H28N2O6/c1-24-11-12-27-13-17(22)21-9-7-14(8-10-21)20-19(23)18-15(25-2)5-4-6-16(18)26-3/h4-6,14H,7-13H2,1-3H3,(H,20,23). The van der Waals surface area contributed by atoms with E-state index in [2.05, 4.69) is 5.32 Å². The van der Waals surface area contributed by atoms with Crippen LogP contribution >= 0.6 is 0 Å². The number of hydrogen-bond donors (Lipinski definition) is 1. The van der Waals surface area contributed by atoms with E-state index < -0.39 is 0 Å². The average Bonchev–Trinajstić information content (AvgIpc) is 2.70. The van der Waals surface area contributed by atoms with Crippen LogP contribution in [0, 0.1) is 0 Å². The lowest BCUT2D eigenvalue weighted by Crippen LogP contribution is -2.47. The Morgan fingerprint density at radius 2 is 1.70 bits per heavy atom. The first-order valence-corrected chi connectivity index (χ1v) is 8.97. The van der Waals surface area contributed by atoms with Gasteiger partial charge in [0.05, 0.1) is 27.4 Å². The Kier molecular flexibility index (Phi) is 8.35. The molecule has 0 spiro atoms. The molecule has 1 aromatic rings. The number of nitrogens with zero attached hydrogens (tertiary/aromatic N) is 1. The molecule has 0 radical (unpaired) electrons. The molecular weight excluding hydrogens is 352 g/mol. The molecule has 1 heterocycles. The summed E-state index contributed by atoms with van der Waals surface area (Å²) >= 11 is 0. The number of nitrogens with one attached hydrogen (secondary N) is 1. The van der Waals surface area contributed by atoms with Gasteiger partial charge in [0.15, 0.2) is 0 Å². The number of likely N-dealkylation sites (tertiary alicyclic amines) is 1. The Morgan fingerprint density at radius 3 is 2.26 bits per heavy atom. The van der Waals surface area contributed by atoms with Crippen LogP contribution in [0.2, 0.25) is 0 Å². The Bertz CT molecular complexity index is 606. The fourth-order valence-electron chi connectivity index (χ4n) is 3.00. The first kappa shape index (κ1) is 21.0. The second-order valence-electron chi connectivity index (χ2n) is 6.21. The van der Waals surface area contributed by atoms with Crippen molar-refractivity contribution in [1.82, 2.24) is 10.2 Å². The van der Waals surface area contributed by atoms with Crippen LogP contribution in [0.5, 0.6) is 11.5 Å². The molecule has 0 aromatic heterocycles. The lowest BCUT2D eigenvalue weighted by molar-refractivity contribution is -0.137. The number of benzene rings is 1. The predicted molar refractivity (Wildman–Crippen MR) is 99.3 cm³/mol. The average molecular weight is 380 g/mol. The predicted octanol–water partition coefficient (Wildman–Crippen LogP) is 1.09. The van der Waals surface area contributed by atoms with E-state index in [0.29, 0.717) is 56.2 Å². The molecule has 2 rings (SSSR count). The van der Waals surface area contributed by atoms with Crippen molar-refractivity contribution in [3.8, 4) is 11.5 Å². The molecule has 2 amide bonds. The van der Waals surface area contributed by atoms with E-state index >= 15 is 0 Å². The van der Waals surface area contributed by atoms with Crippen LogP contribution in [0.3, 0.4) is 0 Å². The van der Waals surface area contributed by atoms with Crippen LogP contribution in [0.4, 0.5) is 0 Å². The summed E-state index contributed by atoms with van der Waals surface area (Å²) in [4.78, 5) is 26.6. The molecule has 1 aliphatic rings. The van der Waals surface area contributed by atoms with Gasteiger partial charge in [-0.1, -0.05) is 6.07 Å². The molecule has 1 N–H and O–H groups in total. The maximum Gasteiger partial charge on any atom is 0.259 e. The molecule has 8 nitrogen and oxygen atoms in total. The molecule has 1 saturated heterocycles. The van der Waals surface area contributed by atoms with Crippen molar-refractivity contribution >= 4 is 11.8 Å². The van der Waals surface area contributed by atoms with Crippen molar-refractivity contribution < 1.29 is 28.5 Å². The van der Waals surface area contributed by atoms with E-state index in [4.69, 9.17) is 18.9 Å². The van der Waals surface area contributed by atoms with Crippen molar-refractivity contribution in [1.29, 1.82) is 0 Å². The van der Waals surface area contributed by atoms with Gasteiger partial charge in [0, 0.05) is 26.2 Å². The lowest BCUT2D eigenvalue weighted by atomic mass is 10.0. The van der Waals surface area contributed by atoms with Gasteiger partial charge in [-0.3, -0.25) is 9.59 Å². The van der Waals surface area contributed by atoms with Crippen LogP contribution in [0.1, 0.15) is 23.2 Å². The zero-order chi connectivity index (χ0) is 19.6. The topological polar surface area (TPSA) is 86.3 Å². The smallest absolute Gasteiger partial charge is 0.259 e. The molecule has 150 valence electrons. The van der Waals surface area contributed by atoms with Gasteiger partial charge < -0.3 is 29.2 Å². The maximum atomic E-state index is 12.7. The molecule has 1 aliphatic heterocycles. The van der Waals surface area contributed by atoms with Crippen LogP contribution in [-0.4, -0.2) is 77.0 Å². The van der Waals surface area contributed by atoms with Crippen molar-refractivity contribution in [3.05, 3.63) is 23.8 Å². The van der Waals surface area contributed by atoms with E-state index in [1.807, 2.05) is 0 Å². The molecule has 0 aliphatic carbocycles. The van der Waals surface area contributed by atoms with E-state index in [1.165, 1.54) is 14.2 Å². The highest BCUT2D eigenvalue weighted by molar-refractivity contribution is 5.99. The SMILES string of the molecule is COCCOCC(=O)N1CCC(NC(=O)c2c(OC)cccc2OC)CC1. The second kappa shape index (κ2) is 10.7. The first-order valence-electron chi connectivity index (χ1n) is 8.97. The molecule has 8 heteroatoms. The fourth-order valence-corrected chi connectivity index (χ4v) is 3.00. The zero-order valence-electron chi connectivity index (χ0n) is 16.2. The molecule has 0 unspecified atom stereocenters. The van der Waals surface area contributed by atoms with E-state index in [-0.39, 0.29) is 24.5 Å². The molecule has 0 saturated carbocycles. The summed E-state index contributed by atoms with van der Waals surface area (Å²) in [6.45, 7) is 2.09. The van der Waals surface area contributed by atoms with Crippen LogP contribution in [0.15, 0.2) is 18.2 Å². The van der Waals surface area contributed by atoms with Crippen molar-refractivity contribution in [2.75, 3.05) is 54.2 Å². The minimum atomic E-state index is -0.239. The van der Waals surface area contributed by atoms with Gasteiger partial charge in [-0.15, -0.1) is 0 Å². The van der Waals surface area contributed by atoms with Gasteiger partial charge in [-0.2, -0.15) is 0 Å². The van der Waals surface area contributed by atoms with Crippen molar-refractivity contribution in [2.45, 2.75) is 18.9 Å². The second-order valence-corrected chi connectivity index (χ2v) is 6.21. The number of methoxy groups -OCH3 is 3. The van der Waals surface area contributed by atoms with Crippen LogP contribution in [0.25, 0.3) is 0 Å². The highest BCUT2D eigenvalue weighted by Crippen LogP contribution is 2.28. The van der Waals surface area contributed by atoms with E-state index in [1.54, 1.807) is 30.2 Å². The van der Waals surface area contributed by atoms with Gasteiger partial charge in [-0.05, 0) is 25.0 Å². The summed E-state index contributed by atoms with van der Waals surface area (Å²) in [5.74, 6) is 0.652. The Labute approximate surface area is 159 Å². The number of piperidine rings is 1. The molecule has 1 fully saturated rings. The van der Waals surface area contributed by atoms with Crippen LogP contribution < -0.4 is 14.8 Å². The third kappa shape index (κ3) is 5.83. The monoisotopic (exact) mass is 380 g/mol. The summed E-state index contributed by atoms with van der Waals surface area (Å²) in [6.07, 6.45) is 1.38. The van der Waals surface area contributed by atoms with Gasteiger partial charge in [0.1, 0.15) is 23.7 Å². The molecule has 0 bridgehead atoms. The largest absolute Gasteiger partial charge is 0.496 e. The Balaban J connectivity index is 1.85. The molecule has 0 atom stereocenters. The van der Waals surface area contributed by atoms with E-state index in [9.17, 15) is 9.59 Å². The Morgan fingerprint density at radius 1 is 1.07 bits per heavy atom. The highest BCUT2D eigenvalue weighted by Gasteiger charge is 2.26. The fraction of sp³-hybridized carbons (Fsp3) is 0.579. The third-order valence-corrected chi connectivity index (χ3v) is 4.50. The van der Waals surface area contributed by atoms with E-state index in [0.717, 1.165) is 0 Å². The quantitative estimate of drug-likeness (QED) is 0.646. The number of ether oxygens (including phenoxy) is 4. The summed E-state index contributed by atoms with van der Waals surface area (Å²) in [5.41, 5.74) is 0.382. The third-order valence-electron chi connectivity index (χ3n) is 4.50. The first-order chi connectivity index (χ1) is 13.1. The van der Waals surface area contributed by atoms with Crippen molar-refractivity contribution in [3.63, 3.8) is 0 Å². The zero-order valence-corrected chi connectivity index (χ0v) is 16.2. The molecule has 27 heavy (non-hydrogen) atoms.